The van der Waals surface area contributed by atoms with Gasteiger partial charge in [0, 0.05) is 6.42 Å². The van der Waals surface area contributed by atoms with E-state index < -0.39 is 11.6 Å². The van der Waals surface area contributed by atoms with Crippen molar-refractivity contribution in [3.8, 4) is 0 Å². The number of carbonyl (C=O) groups is 1. The fraction of sp³-hybridized carbons (Fsp3) is 0.500. The third-order valence-electron chi connectivity index (χ3n) is 0.974. The number of halogens is 1. The van der Waals surface area contributed by atoms with E-state index in [1.807, 2.05) is 0 Å². The zero-order valence-corrected chi connectivity index (χ0v) is 5.22. The summed E-state index contributed by atoms with van der Waals surface area (Å²) in [4.78, 5) is 9.99. The Morgan fingerprint density at radius 1 is 2.00 bits per heavy atom. The third kappa shape index (κ3) is 2.26. The highest BCUT2D eigenvalue weighted by Gasteiger charge is 2.30. The maximum atomic E-state index is 12.5. The average Bonchev–Trinajstić information content (AvgIpc) is 1.65. The van der Waals surface area contributed by atoms with E-state index in [2.05, 4.69) is 6.58 Å². The minimum atomic E-state index is -2.15. The van der Waals surface area contributed by atoms with Gasteiger partial charge in [-0.3, -0.25) is 0 Å². The summed E-state index contributed by atoms with van der Waals surface area (Å²) in [6, 6.07) is 0. The van der Waals surface area contributed by atoms with Gasteiger partial charge in [0.05, 0.1) is 0 Å². The lowest BCUT2D eigenvalue weighted by molar-refractivity contribution is -0.149. The summed E-state index contributed by atoms with van der Waals surface area (Å²) in [6.45, 7) is 4.24. The second kappa shape index (κ2) is 2.62. The number of aliphatic carboxylic acids is 1. The Morgan fingerprint density at radius 3 is 2.56 bits per heavy atom. The first-order chi connectivity index (χ1) is 4.00. The molecule has 0 amide bonds. The molecule has 0 radical (unpaired) electrons. The van der Waals surface area contributed by atoms with Crippen LogP contribution in [0.1, 0.15) is 13.3 Å². The Hall–Kier alpha value is -0.860. The van der Waals surface area contributed by atoms with Crippen molar-refractivity contribution >= 4 is 5.97 Å². The van der Waals surface area contributed by atoms with Crippen molar-refractivity contribution in [2.24, 2.45) is 0 Å². The van der Waals surface area contributed by atoms with Gasteiger partial charge in [-0.15, -0.1) is 6.58 Å². The molecule has 0 aliphatic rings. The largest absolute Gasteiger partial charge is 0.479 e. The van der Waals surface area contributed by atoms with E-state index in [-0.39, 0.29) is 6.42 Å². The minimum Gasteiger partial charge on any atom is -0.479 e. The van der Waals surface area contributed by atoms with Crippen LogP contribution in [0.25, 0.3) is 0 Å². The predicted molar refractivity (Wildman–Crippen MR) is 32.0 cm³/mol. The number of carboxylic acids is 1. The van der Waals surface area contributed by atoms with Crippen molar-refractivity contribution in [3.63, 3.8) is 0 Å². The van der Waals surface area contributed by atoms with Gasteiger partial charge in [0.15, 0.2) is 0 Å². The van der Waals surface area contributed by atoms with E-state index in [0.29, 0.717) is 0 Å². The van der Waals surface area contributed by atoms with Crippen molar-refractivity contribution in [3.05, 3.63) is 12.7 Å². The van der Waals surface area contributed by atoms with Gasteiger partial charge in [0.2, 0.25) is 5.67 Å². The topological polar surface area (TPSA) is 37.3 Å². The van der Waals surface area contributed by atoms with E-state index in [4.69, 9.17) is 5.11 Å². The van der Waals surface area contributed by atoms with E-state index in [0.717, 1.165) is 6.92 Å². The highest BCUT2D eigenvalue weighted by Crippen LogP contribution is 2.14. The van der Waals surface area contributed by atoms with Crippen LogP contribution in [0, 0.1) is 0 Å². The van der Waals surface area contributed by atoms with Gasteiger partial charge in [-0.25, -0.2) is 9.18 Å². The molecule has 0 aromatic heterocycles. The second-order valence-corrected chi connectivity index (χ2v) is 2.00. The number of alkyl halides is 1. The van der Waals surface area contributed by atoms with Crippen molar-refractivity contribution in [1.82, 2.24) is 0 Å². The highest BCUT2D eigenvalue weighted by atomic mass is 19.1. The molecule has 0 saturated heterocycles. The predicted octanol–water partition coefficient (Wildman–Crippen LogP) is 1.38. The van der Waals surface area contributed by atoms with Crippen molar-refractivity contribution < 1.29 is 14.3 Å². The van der Waals surface area contributed by atoms with Crippen molar-refractivity contribution in [2.75, 3.05) is 0 Å². The first kappa shape index (κ1) is 8.14. The van der Waals surface area contributed by atoms with E-state index in [9.17, 15) is 9.18 Å². The molecular weight excluding hydrogens is 123 g/mol. The molecule has 0 spiro atoms. The molecule has 1 N–H and O–H groups in total. The SMILES string of the molecule is C=CC[C@@](C)(F)C(=O)O. The van der Waals surface area contributed by atoms with Crippen molar-refractivity contribution in [1.29, 1.82) is 0 Å². The lowest BCUT2D eigenvalue weighted by atomic mass is 10.1. The quantitative estimate of drug-likeness (QED) is 0.589. The van der Waals surface area contributed by atoms with Crippen molar-refractivity contribution in [2.45, 2.75) is 19.0 Å². The van der Waals surface area contributed by atoms with Gasteiger partial charge < -0.3 is 5.11 Å². The molecule has 0 aromatic carbocycles. The maximum absolute atomic E-state index is 12.5. The molecule has 0 aliphatic heterocycles. The highest BCUT2D eigenvalue weighted by molar-refractivity contribution is 5.76. The zero-order valence-electron chi connectivity index (χ0n) is 5.22. The molecule has 0 unspecified atom stereocenters. The van der Waals surface area contributed by atoms with Crippen LogP contribution in [0.3, 0.4) is 0 Å². The molecule has 52 valence electrons. The van der Waals surface area contributed by atoms with Crippen LogP contribution < -0.4 is 0 Å². The molecule has 0 aliphatic carbocycles. The van der Waals surface area contributed by atoms with Gasteiger partial charge >= 0.3 is 5.97 Å². The van der Waals surface area contributed by atoms with Gasteiger partial charge in [-0.2, -0.15) is 0 Å². The average molecular weight is 132 g/mol. The molecule has 2 nitrogen and oxygen atoms in total. The molecular formula is C6H9FO2. The van der Waals surface area contributed by atoms with Gasteiger partial charge in [-0.05, 0) is 6.92 Å². The summed E-state index contributed by atoms with van der Waals surface area (Å²) in [6.07, 6.45) is 1.09. The van der Waals surface area contributed by atoms with Crippen LogP contribution >= 0.6 is 0 Å². The number of allylic oxidation sites excluding steroid dienone is 1. The standard InChI is InChI=1S/C6H9FO2/c1-3-4-6(2,7)5(8)9/h3H,1,4H2,2H3,(H,8,9)/t6-/m1/s1. The van der Waals surface area contributed by atoms with Crippen LogP contribution in [0.5, 0.6) is 0 Å². The fourth-order valence-electron chi connectivity index (χ4n) is 0.358. The normalized spacial score (nSPS) is 16.2. The third-order valence-corrected chi connectivity index (χ3v) is 0.974. The summed E-state index contributed by atoms with van der Waals surface area (Å²) in [5.74, 6) is -1.44. The van der Waals surface area contributed by atoms with Crippen LogP contribution in [0.15, 0.2) is 12.7 Å². The molecule has 0 aromatic rings. The number of hydrogen-bond acceptors (Lipinski definition) is 1. The summed E-state index contributed by atoms with van der Waals surface area (Å²) >= 11 is 0. The lowest BCUT2D eigenvalue weighted by Crippen LogP contribution is -2.28. The Bertz CT molecular complexity index is 129. The smallest absolute Gasteiger partial charge is 0.341 e. The molecule has 3 heteroatoms. The van der Waals surface area contributed by atoms with Crippen LogP contribution in [-0.2, 0) is 4.79 Å². The van der Waals surface area contributed by atoms with Gasteiger partial charge in [0.25, 0.3) is 0 Å². The molecule has 0 fully saturated rings. The molecule has 0 bridgehead atoms. The van der Waals surface area contributed by atoms with Gasteiger partial charge in [-0.1, -0.05) is 6.08 Å². The van der Waals surface area contributed by atoms with Crippen LogP contribution in [0.4, 0.5) is 4.39 Å². The fourth-order valence-corrected chi connectivity index (χ4v) is 0.358. The monoisotopic (exact) mass is 132 g/mol. The van der Waals surface area contributed by atoms with E-state index in [1.165, 1.54) is 6.08 Å². The summed E-state index contributed by atoms with van der Waals surface area (Å²) in [5.41, 5.74) is -2.15. The summed E-state index contributed by atoms with van der Waals surface area (Å²) in [7, 11) is 0. The molecule has 1 atom stereocenters. The van der Waals surface area contributed by atoms with Gasteiger partial charge in [0.1, 0.15) is 0 Å². The Morgan fingerprint density at radius 2 is 2.44 bits per heavy atom. The zero-order chi connectivity index (χ0) is 7.49. The Labute approximate surface area is 53.0 Å². The lowest BCUT2D eigenvalue weighted by Gasteiger charge is -2.10. The number of hydrogen-bond donors (Lipinski definition) is 1. The van der Waals surface area contributed by atoms with E-state index >= 15 is 0 Å². The Kier molecular flexibility index (Phi) is 2.37. The summed E-state index contributed by atoms with van der Waals surface area (Å²) in [5, 5.41) is 8.15. The van der Waals surface area contributed by atoms with Crippen LogP contribution in [0.2, 0.25) is 0 Å². The minimum absolute atomic E-state index is 0.150. The number of rotatable bonds is 3. The Balaban J connectivity index is 4.00. The molecule has 0 saturated carbocycles. The number of carboxylic acid groups (broad SMARTS) is 1. The molecule has 0 heterocycles. The van der Waals surface area contributed by atoms with E-state index in [1.54, 1.807) is 0 Å². The first-order valence-corrected chi connectivity index (χ1v) is 2.54. The maximum Gasteiger partial charge on any atom is 0.341 e. The molecule has 9 heavy (non-hydrogen) atoms. The molecule has 0 rings (SSSR count). The van der Waals surface area contributed by atoms with Crippen LogP contribution in [-0.4, -0.2) is 16.7 Å². The first-order valence-electron chi connectivity index (χ1n) is 2.54. The summed E-state index contributed by atoms with van der Waals surface area (Å²) < 4.78 is 12.5. The second-order valence-electron chi connectivity index (χ2n) is 2.00.